The molecule has 0 heterocycles. The molecule has 1 nitrogen and oxygen atoms in total. The summed E-state index contributed by atoms with van der Waals surface area (Å²) < 4.78 is 84.6. The van der Waals surface area contributed by atoms with Crippen LogP contribution in [-0.2, 0) is 6.42 Å². The van der Waals surface area contributed by atoms with Crippen molar-refractivity contribution in [3.05, 3.63) is 114 Å². The summed E-state index contributed by atoms with van der Waals surface area (Å²) in [5.41, 5.74) is 3.71. The van der Waals surface area contributed by atoms with Crippen LogP contribution in [0, 0.1) is 11.6 Å². The minimum atomic E-state index is -4.39. The average molecular weight is 531 g/mol. The number of halogens is 6. The first-order valence-corrected chi connectivity index (χ1v) is 12.5. The topological polar surface area (TPSA) is 9.23 Å². The Labute approximate surface area is 218 Å². The lowest BCUT2D eigenvalue weighted by Crippen LogP contribution is -2.22. The van der Waals surface area contributed by atoms with Crippen LogP contribution in [0.4, 0.5) is 26.3 Å². The van der Waals surface area contributed by atoms with Gasteiger partial charge in [-0.25, -0.2) is 8.78 Å². The summed E-state index contributed by atoms with van der Waals surface area (Å²) in [7, 11) is 0. The van der Waals surface area contributed by atoms with Crippen LogP contribution >= 0.6 is 0 Å². The van der Waals surface area contributed by atoms with E-state index >= 15 is 4.39 Å². The number of rotatable bonds is 9. The second-order valence-corrected chi connectivity index (χ2v) is 9.60. The van der Waals surface area contributed by atoms with Crippen LogP contribution < -0.4 is 4.74 Å². The molecule has 4 rings (SSSR count). The van der Waals surface area contributed by atoms with Crippen LogP contribution in [0.15, 0.2) is 85.5 Å². The van der Waals surface area contributed by atoms with E-state index in [1.54, 1.807) is 6.07 Å². The molecule has 3 aromatic carbocycles. The van der Waals surface area contributed by atoms with E-state index in [0.717, 1.165) is 56.2 Å². The molecule has 0 spiro atoms. The Bertz CT molecular complexity index is 1290. The molecule has 0 N–H and O–H groups in total. The van der Waals surface area contributed by atoms with E-state index in [9.17, 15) is 22.0 Å². The normalized spacial score (nSPS) is 17.6. The Morgan fingerprint density at radius 3 is 2.05 bits per heavy atom. The minimum Gasteiger partial charge on any atom is -0.426 e. The highest BCUT2D eigenvalue weighted by Crippen LogP contribution is 2.41. The predicted octanol–water partition coefficient (Wildman–Crippen LogP) is 9.94. The highest BCUT2D eigenvalue weighted by molar-refractivity contribution is 5.65. The molecular weight excluding hydrogens is 502 g/mol. The summed E-state index contributed by atoms with van der Waals surface area (Å²) in [5.74, 6) is -2.01. The van der Waals surface area contributed by atoms with Crippen molar-refractivity contribution in [2.24, 2.45) is 0 Å². The van der Waals surface area contributed by atoms with Gasteiger partial charge in [0.2, 0.25) is 0 Å². The van der Waals surface area contributed by atoms with E-state index in [1.165, 1.54) is 23.3 Å². The van der Waals surface area contributed by atoms with Crippen LogP contribution in [0.2, 0.25) is 0 Å². The van der Waals surface area contributed by atoms with Gasteiger partial charge in [-0.15, -0.1) is 6.58 Å². The summed E-state index contributed by atoms with van der Waals surface area (Å²) in [6.07, 6.45) is -0.0657. The Kier molecular flexibility index (Phi) is 8.65. The lowest BCUT2D eigenvalue weighted by molar-refractivity contribution is -0.135. The Morgan fingerprint density at radius 1 is 0.842 bits per heavy atom. The third kappa shape index (κ3) is 6.88. The molecule has 0 saturated heterocycles. The standard InChI is InChI=1S/C31H28F6O/c1-2-3-4-20-5-7-21(8-6-20)22-9-11-23(12-10-22)24-13-15-26(27(32)17-24)25-14-16-29(28(33)18-25)38-31(36,37)19-30(34)35/h2,5-8,13-19,22-23H,1,3-4,9-12H2. The number of ether oxygens (including phenoxy) is 1. The predicted molar refractivity (Wildman–Crippen MR) is 137 cm³/mol. The second kappa shape index (κ2) is 11.9. The van der Waals surface area contributed by atoms with Gasteiger partial charge in [-0.2, -0.15) is 17.6 Å². The molecule has 0 amide bonds. The monoisotopic (exact) mass is 530 g/mol. The average Bonchev–Trinajstić information content (AvgIpc) is 2.88. The van der Waals surface area contributed by atoms with Crippen LogP contribution in [0.25, 0.3) is 11.1 Å². The summed E-state index contributed by atoms with van der Waals surface area (Å²) in [6, 6.07) is 16.5. The van der Waals surface area contributed by atoms with Crippen molar-refractivity contribution >= 4 is 0 Å². The zero-order chi connectivity index (χ0) is 27.3. The first kappa shape index (κ1) is 27.6. The highest BCUT2D eigenvalue weighted by atomic mass is 19.3. The van der Waals surface area contributed by atoms with Crippen LogP contribution in [0.1, 0.15) is 60.6 Å². The van der Waals surface area contributed by atoms with E-state index in [0.29, 0.717) is 5.92 Å². The van der Waals surface area contributed by atoms with Gasteiger partial charge < -0.3 is 4.74 Å². The number of hydrogen-bond donors (Lipinski definition) is 0. The smallest absolute Gasteiger partial charge is 0.425 e. The quantitative estimate of drug-likeness (QED) is 0.198. The highest BCUT2D eigenvalue weighted by Gasteiger charge is 2.32. The third-order valence-electron chi connectivity index (χ3n) is 7.05. The first-order valence-electron chi connectivity index (χ1n) is 12.5. The molecular formula is C31H28F6O. The zero-order valence-electron chi connectivity index (χ0n) is 20.7. The molecule has 1 aliphatic rings. The molecule has 1 saturated carbocycles. The van der Waals surface area contributed by atoms with Crippen LogP contribution in [0.5, 0.6) is 5.75 Å². The summed E-state index contributed by atoms with van der Waals surface area (Å²) >= 11 is 0. The van der Waals surface area contributed by atoms with Gasteiger partial charge in [-0.05, 0) is 90.8 Å². The first-order chi connectivity index (χ1) is 18.1. The number of hydrogen-bond acceptors (Lipinski definition) is 1. The van der Waals surface area contributed by atoms with Gasteiger partial charge >= 0.3 is 6.11 Å². The second-order valence-electron chi connectivity index (χ2n) is 9.60. The molecule has 1 fully saturated rings. The molecule has 200 valence electrons. The maximum Gasteiger partial charge on any atom is 0.425 e. The molecule has 0 atom stereocenters. The molecule has 7 heteroatoms. The van der Waals surface area contributed by atoms with Crippen molar-refractivity contribution in [3.63, 3.8) is 0 Å². The van der Waals surface area contributed by atoms with Gasteiger partial charge in [-0.1, -0.05) is 48.5 Å². The molecule has 0 bridgehead atoms. The molecule has 0 radical (unpaired) electrons. The lowest BCUT2D eigenvalue weighted by Gasteiger charge is -2.29. The molecule has 3 aromatic rings. The van der Waals surface area contributed by atoms with Crippen molar-refractivity contribution in [2.75, 3.05) is 0 Å². The Balaban J connectivity index is 1.40. The lowest BCUT2D eigenvalue weighted by atomic mass is 9.76. The molecule has 0 aliphatic heterocycles. The van der Waals surface area contributed by atoms with E-state index < -0.39 is 35.6 Å². The van der Waals surface area contributed by atoms with E-state index in [2.05, 4.69) is 35.6 Å². The fourth-order valence-electron chi connectivity index (χ4n) is 5.06. The van der Waals surface area contributed by atoms with E-state index in [1.807, 2.05) is 12.1 Å². The van der Waals surface area contributed by atoms with Crippen molar-refractivity contribution in [1.29, 1.82) is 0 Å². The Morgan fingerprint density at radius 2 is 1.47 bits per heavy atom. The molecule has 1 aliphatic carbocycles. The van der Waals surface area contributed by atoms with E-state index in [4.69, 9.17) is 0 Å². The van der Waals surface area contributed by atoms with Crippen molar-refractivity contribution in [3.8, 4) is 16.9 Å². The van der Waals surface area contributed by atoms with Gasteiger partial charge in [0.15, 0.2) is 11.6 Å². The fraction of sp³-hybridized carbons (Fsp3) is 0.290. The molecule has 38 heavy (non-hydrogen) atoms. The fourth-order valence-corrected chi connectivity index (χ4v) is 5.06. The van der Waals surface area contributed by atoms with Crippen LogP contribution in [-0.4, -0.2) is 6.11 Å². The largest absolute Gasteiger partial charge is 0.426 e. The van der Waals surface area contributed by atoms with E-state index in [-0.39, 0.29) is 17.0 Å². The number of alkyl halides is 2. The van der Waals surface area contributed by atoms with Crippen molar-refractivity contribution in [1.82, 2.24) is 0 Å². The minimum absolute atomic E-state index is 0.103. The van der Waals surface area contributed by atoms with Crippen LogP contribution in [0.3, 0.4) is 0 Å². The summed E-state index contributed by atoms with van der Waals surface area (Å²) in [4.78, 5) is 0. The maximum absolute atomic E-state index is 15.0. The van der Waals surface area contributed by atoms with Crippen molar-refractivity contribution < 1.29 is 31.1 Å². The van der Waals surface area contributed by atoms with Gasteiger partial charge in [0.25, 0.3) is 6.08 Å². The summed E-state index contributed by atoms with van der Waals surface area (Å²) in [6.45, 7) is 3.76. The maximum atomic E-state index is 15.0. The SMILES string of the molecule is C=CCCc1ccc(C2CCC(c3ccc(-c4ccc(OC(F)(F)C=C(F)F)c(F)c4)c(F)c3)CC2)cc1. The van der Waals surface area contributed by atoms with Gasteiger partial charge in [0.1, 0.15) is 5.82 Å². The zero-order valence-corrected chi connectivity index (χ0v) is 20.7. The number of aryl methyl sites for hydroxylation is 1. The van der Waals surface area contributed by atoms with Gasteiger partial charge in [0, 0.05) is 5.56 Å². The third-order valence-corrected chi connectivity index (χ3v) is 7.05. The number of benzene rings is 3. The molecule has 0 unspecified atom stereocenters. The number of allylic oxidation sites excluding steroid dienone is 1. The Hall–Kier alpha value is -3.48. The van der Waals surface area contributed by atoms with Crippen molar-refractivity contribution in [2.45, 2.75) is 56.5 Å². The van der Waals surface area contributed by atoms with Gasteiger partial charge in [0.05, 0.1) is 6.08 Å². The molecule has 0 aromatic heterocycles. The van der Waals surface area contributed by atoms with Gasteiger partial charge in [-0.3, -0.25) is 0 Å². The summed E-state index contributed by atoms with van der Waals surface area (Å²) in [5, 5.41) is 0.